The SMILES string of the molecule is CCN(C(=O)COC(=O)CCn1nc(C)cc1C)c1ccccc1. The van der Waals surface area contributed by atoms with Crippen molar-refractivity contribution in [2.45, 2.75) is 33.7 Å². The predicted molar refractivity (Wildman–Crippen MR) is 91.7 cm³/mol. The van der Waals surface area contributed by atoms with Crippen molar-refractivity contribution in [2.24, 2.45) is 0 Å². The summed E-state index contributed by atoms with van der Waals surface area (Å²) in [7, 11) is 0. The minimum Gasteiger partial charge on any atom is -0.455 e. The number of para-hydroxylation sites is 1. The van der Waals surface area contributed by atoms with Crippen molar-refractivity contribution in [1.29, 1.82) is 0 Å². The van der Waals surface area contributed by atoms with Crippen molar-refractivity contribution < 1.29 is 14.3 Å². The fourth-order valence-electron chi connectivity index (χ4n) is 2.50. The topological polar surface area (TPSA) is 64.4 Å². The molecule has 1 aromatic heterocycles. The first-order valence-electron chi connectivity index (χ1n) is 8.03. The molecule has 0 atom stereocenters. The number of rotatable bonds is 7. The molecule has 128 valence electrons. The second-order valence-corrected chi connectivity index (χ2v) is 5.53. The lowest BCUT2D eigenvalue weighted by Crippen LogP contribution is -2.34. The molecule has 1 amide bonds. The molecule has 1 aromatic carbocycles. The number of nitrogens with zero attached hydrogens (tertiary/aromatic N) is 3. The lowest BCUT2D eigenvalue weighted by atomic mass is 10.3. The number of hydrogen-bond acceptors (Lipinski definition) is 4. The summed E-state index contributed by atoms with van der Waals surface area (Å²) < 4.78 is 6.87. The number of benzene rings is 1. The van der Waals surface area contributed by atoms with Gasteiger partial charge in [0.15, 0.2) is 6.61 Å². The van der Waals surface area contributed by atoms with Gasteiger partial charge in [-0.1, -0.05) is 18.2 Å². The number of ether oxygens (including phenoxy) is 1. The van der Waals surface area contributed by atoms with E-state index < -0.39 is 5.97 Å². The molecule has 0 aliphatic carbocycles. The Hall–Kier alpha value is -2.63. The number of aryl methyl sites for hydroxylation is 3. The number of amides is 1. The lowest BCUT2D eigenvalue weighted by Gasteiger charge is -2.20. The summed E-state index contributed by atoms with van der Waals surface area (Å²) in [6, 6.07) is 11.3. The molecule has 0 saturated carbocycles. The highest BCUT2D eigenvalue weighted by Crippen LogP contribution is 2.13. The second-order valence-electron chi connectivity index (χ2n) is 5.53. The Morgan fingerprint density at radius 1 is 1.21 bits per heavy atom. The average molecular weight is 329 g/mol. The van der Waals surface area contributed by atoms with Crippen LogP contribution in [0.1, 0.15) is 24.7 Å². The third-order valence-corrected chi connectivity index (χ3v) is 3.67. The van der Waals surface area contributed by atoms with Crippen molar-refractivity contribution in [2.75, 3.05) is 18.1 Å². The largest absolute Gasteiger partial charge is 0.455 e. The van der Waals surface area contributed by atoms with Crippen molar-refractivity contribution in [3.8, 4) is 0 Å². The third kappa shape index (κ3) is 4.68. The Balaban J connectivity index is 1.82. The molecular formula is C18H23N3O3. The Bertz CT molecular complexity index is 695. The molecule has 1 heterocycles. The van der Waals surface area contributed by atoms with E-state index in [4.69, 9.17) is 4.74 Å². The minimum absolute atomic E-state index is 0.187. The number of carbonyl (C=O) groups excluding carboxylic acids is 2. The normalized spacial score (nSPS) is 10.5. The van der Waals surface area contributed by atoms with Gasteiger partial charge in [-0.25, -0.2) is 0 Å². The summed E-state index contributed by atoms with van der Waals surface area (Å²) in [5.74, 6) is -0.636. The van der Waals surface area contributed by atoms with Gasteiger partial charge in [-0.15, -0.1) is 0 Å². The third-order valence-electron chi connectivity index (χ3n) is 3.67. The van der Waals surface area contributed by atoms with Gasteiger partial charge in [0.1, 0.15) is 0 Å². The molecule has 0 bridgehead atoms. The molecule has 0 fully saturated rings. The van der Waals surface area contributed by atoms with Crippen LogP contribution in [0.3, 0.4) is 0 Å². The quantitative estimate of drug-likeness (QED) is 0.732. The molecule has 24 heavy (non-hydrogen) atoms. The number of carbonyl (C=O) groups is 2. The molecule has 0 unspecified atom stereocenters. The highest BCUT2D eigenvalue weighted by molar-refractivity contribution is 5.95. The van der Waals surface area contributed by atoms with Crippen LogP contribution in [0.5, 0.6) is 0 Å². The Kier molecular flexibility index (Phi) is 6.12. The van der Waals surface area contributed by atoms with E-state index in [1.165, 1.54) is 0 Å². The molecule has 2 aromatic rings. The van der Waals surface area contributed by atoms with E-state index in [1.807, 2.05) is 57.2 Å². The summed E-state index contributed by atoms with van der Waals surface area (Å²) in [4.78, 5) is 25.7. The maximum atomic E-state index is 12.2. The highest BCUT2D eigenvalue weighted by atomic mass is 16.5. The minimum atomic E-state index is -0.403. The highest BCUT2D eigenvalue weighted by Gasteiger charge is 2.16. The van der Waals surface area contributed by atoms with Crippen LogP contribution in [-0.2, 0) is 20.9 Å². The number of anilines is 1. The van der Waals surface area contributed by atoms with Crippen LogP contribution in [0.15, 0.2) is 36.4 Å². The van der Waals surface area contributed by atoms with E-state index >= 15 is 0 Å². The molecule has 6 nitrogen and oxygen atoms in total. The van der Waals surface area contributed by atoms with Gasteiger partial charge >= 0.3 is 5.97 Å². The average Bonchev–Trinajstić information content (AvgIpc) is 2.90. The number of hydrogen-bond donors (Lipinski definition) is 0. The Morgan fingerprint density at radius 2 is 1.92 bits per heavy atom. The second kappa shape index (κ2) is 8.29. The molecule has 0 spiro atoms. The van der Waals surface area contributed by atoms with Gasteiger partial charge in [-0.05, 0) is 39.0 Å². The van der Waals surface area contributed by atoms with Gasteiger partial charge in [-0.3, -0.25) is 14.3 Å². The van der Waals surface area contributed by atoms with Crippen LogP contribution in [0.2, 0.25) is 0 Å². The van der Waals surface area contributed by atoms with Crippen molar-refractivity contribution in [3.05, 3.63) is 47.8 Å². The van der Waals surface area contributed by atoms with Crippen LogP contribution < -0.4 is 4.90 Å². The van der Waals surface area contributed by atoms with Gasteiger partial charge in [0.2, 0.25) is 0 Å². The summed E-state index contributed by atoms with van der Waals surface area (Å²) in [5.41, 5.74) is 2.71. The smallest absolute Gasteiger partial charge is 0.308 e. The summed E-state index contributed by atoms with van der Waals surface area (Å²) in [5, 5.41) is 4.29. The van der Waals surface area contributed by atoms with E-state index in [0.29, 0.717) is 13.1 Å². The van der Waals surface area contributed by atoms with E-state index in [2.05, 4.69) is 5.10 Å². The maximum absolute atomic E-state index is 12.2. The van der Waals surface area contributed by atoms with E-state index in [9.17, 15) is 9.59 Å². The van der Waals surface area contributed by atoms with Crippen LogP contribution >= 0.6 is 0 Å². The van der Waals surface area contributed by atoms with Gasteiger partial charge in [0.25, 0.3) is 5.91 Å². The van der Waals surface area contributed by atoms with Crippen molar-refractivity contribution >= 4 is 17.6 Å². The molecule has 0 aliphatic rings. The first kappa shape index (κ1) is 17.7. The summed E-state index contributed by atoms with van der Waals surface area (Å²) in [6.45, 7) is 6.44. The molecule has 0 N–H and O–H groups in total. The van der Waals surface area contributed by atoms with Crippen molar-refractivity contribution in [3.63, 3.8) is 0 Å². The number of likely N-dealkylation sites (N-methyl/N-ethyl adjacent to an activating group) is 1. The zero-order valence-electron chi connectivity index (χ0n) is 14.4. The van der Waals surface area contributed by atoms with Gasteiger partial charge in [0, 0.05) is 17.9 Å². The summed E-state index contributed by atoms with van der Waals surface area (Å²) >= 11 is 0. The van der Waals surface area contributed by atoms with Gasteiger partial charge in [-0.2, -0.15) is 5.10 Å². The van der Waals surface area contributed by atoms with E-state index in [0.717, 1.165) is 17.1 Å². The van der Waals surface area contributed by atoms with Crippen LogP contribution in [0.25, 0.3) is 0 Å². The molecule has 0 saturated heterocycles. The maximum Gasteiger partial charge on any atom is 0.308 e. The zero-order chi connectivity index (χ0) is 17.5. The standard InChI is InChI=1S/C18H23N3O3/c1-4-20(16-8-6-5-7-9-16)17(22)13-24-18(23)10-11-21-15(3)12-14(2)19-21/h5-9,12H,4,10-11,13H2,1-3H3. The first-order valence-corrected chi connectivity index (χ1v) is 8.03. The molecule has 6 heteroatoms. The Labute approximate surface area is 142 Å². The Morgan fingerprint density at radius 3 is 2.50 bits per heavy atom. The van der Waals surface area contributed by atoms with Gasteiger partial charge < -0.3 is 9.64 Å². The molecule has 0 radical (unpaired) electrons. The molecule has 2 rings (SSSR count). The molecular weight excluding hydrogens is 306 g/mol. The molecule has 0 aliphatic heterocycles. The van der Waals surface area contributed by atoms with E-state index in [-0.39, 0.29) is 18.9 Å². The van der Waals surface area contributed by atoms with E-state index in [1.54, 1.807) is 9.58 Å². The van der Waals surface area contributed by atoms with Crippen LogP contribution in [0.4, 0.5) is 5.69 Å². The summed E-state index contributed by atoms with van der Waals surface area (Å²) in [6.07, 6.45) is 0.187. The van der Waals surface area contributed by atoms with Crippen LogP contribution in [-0.4, -0.2) is 34.8 Å². The monoisotopic (exact) mass is 329 g/mol. The first-order chi connectivity index (χ1) is 11.5. The number of aromatic nitrogens is 2. The zero-order valence-corrected chi connectivity index (χ0v) is 14.4. The number of esters is 1. The van der Waals surface area contributed by atoms with Crippen LogP contribution in [0, 0.1) is 13.8 Å². The predicted octanol–water partition coefficient (Wildman–Crippen LogP) is 2.49. The van der Waals surface area contributed by atoms with Gasteiger partial charge in [0.05, 0.1) is 18.7 Å². The fourth-order valence-corrected chi connectivity index (χ4v) is 2.50. The lowest BCUT2D eigenvalue weighted by molar-refractivity contribution is -0.148. The van der Waals surface area contributed by atoms with Crippen molar-refractivity contribution in [1.82, 2.24) is 9.78 Å². The fraction of sp³-hybridized carbons (Fsp3) is 0.389.